The van der Waals surface area contributed by atoms with Crippen LogP contribution in [0, 0.1) is 6.92 Å². The van der Waals surface area contributed by atoms with E-state index in [1.54, 1.807) is 21.1 Å². The lowest BCUT2D eigenvalue weighted by molar-refractivity contribution is -0.135. The maximum absolute atomic E-state index is 12.9. The number of hydrogen-bond acceptors (Lipinski definition) is 5. The smallest absolute Gasteiger partial charge is 0.264 e. The molecule has 8 heteroatoms. The van der Waals surface area contributed by atoms with Crippen molar-refractivity contribution in [3.8, 4) is 5.69 Å². The fraction of sp³-hybridized carbons (Fsp3) is 0.368. The Labute approximate surface area is 156 Å². The van der Waals surface area contributed by atoms with E-state index in [1.165, 1.54) is 6.20 Å². The molecule has 1 aliphatic heterocycles. The van der Waals surface area contributed by atoms with Crippen molar-refractivity contribution in [2.45, 2.75) is 19.9 Å². The summed E-state index contributed by atoms with van der Waals surface area (Å²) >= 11 is 0. The number of aryl methyl sites for hydroxylation is 1. The van der Waals surface area contributed by atoms with Crippen LogP contribution in [0.4, 0.5) is 0 Å². The number of rotatable bonds is 4. The molecule has 140 valence electrons. The zero-order valence-corrected chi connectivity index (χ0v) is 15.2. The van der Waals surface area contributed by atoms with E-state index in [0.29, 0.717) is 49.7 Å². The highest BCUT2D eigenvalue weighted by molar-refractivity contribution is 5.77. The summed E-state index contributed by atoms with van der Waals surface area (Å²) in [7, 11) is 0. The minimum Gasteiger partial charge on any atom is -0.378 e. The third-order valence-corrected chi connectivity index (χ3v) is 4.79. The molecule has 0 spiro atoms. The molecule has 0 atom stereocenters. The quantitative estimate of drug-likeness (QED) is 0.691. The van der Waals surface area contributed by atoms with Crippen LogP contribution in [0.15, 0.2) is 41.3 Å². The van der Waals surface area contributed by atoms with Gasteiger partial charge in [0.15, 0.2) is 5.65 Å². The van der Waals surface area contributed by atoms with Gasteiger partial charge >= 0.3 is 0 Å². The highest BCUT2D eigenvalue weighted by Crippen LogP contribution is 2.14. The van der Waals surface area contributed by atoms with Gasteiger partial charge in [-0.25, -0.2) is 9.67 Å². The molecule has 1 saturated heterocycles. The lowest BCUT2D eigenvalue weighted by atomic mass is 10.3. The molecule has 0 unspecified atom stereocenters. The molecule has 1 aromatic carbocycles. The number of carbonyl (C=O) groups excluding carboxylic acids is 1. The second-order valence-electron chi connectivity index (χ2n) is 6.49. The molecule has 1 amide bonds. The maximum Gasteiger partial charge on any atom is 0.264 e. The predicted molar refractivity (Wildman–Crippen MR) is 99.9 cm³/mol. The van der Waals surface area contributed by atoms with E-state index in [1.807, 2.05) is 30.3 Å². The van der Waals surface area contributed by atoms with Crippen LogP contribution in [0.5, 0.6) is 0 Å². The molecule has 4 rings (SSSR count). The first-order valence-corrected chi connectivity index (χ1v) is 9.01. The van der Waals surface area contributed by atoms with Gasteiger partial charge in [-0.3, -0.25) is 14.2 Å². The van der Waals surface area contributed by atoms with E-state index >= 15 is 0 Å². The second kappa shape index (κ2) is 7.32. The van der Waals surface area contributed by atoms with Gasteiger partial charge < -0.3 is 9.64 Å². The van der Waals surface area contributed by atoms with Gasteiger partial charge in [0.1, 0.15) is 11.2 Å². The largest absolute Gasteiger partial charge is 0.378 e. The molecule has 0 bridgehead atoms. The summed E-state index contributed by atoms with van der Waals surface area (Å²) in [6.45, 7) is 4.43. The van der Waals surface area contributed by atoms with Crippen LogP contribution in [0.3, 0.4) is 0 Å². The highest BCUT2D eigenvalue weighted by Gasteiger charge is 2.18. The zero-order valence-electron chi connectivity index (χ0n) is 15.2. The minimum atomic E-state index is -0.172. The number of ether oxygens (including phenoxy) is 1. The van der Waals surface area contributed by atoms with E-state index in [2.05, 4.69) is 10.1 Å². The highest BCUT2D eigenvalue weighted by atomic mass is 16.5. The number of hydrogen-bond donors (Lipinski definition) is 0. The predicted octanol–water partition coefficient (Wildman–Crippen LogP) is 1.14. The zero-order chi connectivity index (χ0) is 18.8. The number of carbonyl (C=O) groups is 1. The van der Waals surface area contributed by atoms with Gasteiger partial charge in [0.2, 0.25) is 5.91 Å². The van der Waals surface area contributed by atoms with Crippen LogP contribution in [0.1, 0.15) is 12.2 Å². The molecule has 0 radical (unpaired) electrons. The molecule has 0 aliphatic carbocycles. The first-order chi connectivity index (χ1) is 13.1. The van der Waals surface area contributed by atoms with Crippen LogP contribution < -0.4 is 5.56 Å². The number of nitrogens with zero attached hydrogens (tertiary/aromatic N) is 5. The number of benzene rings is 1. The normalized spacial score (nSPS) is 14.6. The molecule has 0 N–H and O–H groups in total. The summed E-state index contributed by atoms with van der Waals surface area (Å²) in [5, 5.41) is 4.78. The molecular weight excluding hydrogens is 346 g/mol. The van der Waals surface area contributed by atoms with Crippen molar-refractivity contribution >= 4 is 16.9 Å². The topological polar surface area (TPSA) is 82.2 Å². The lowest BCUT2D eigenvalue weighted by Gasteiger charge is -2.27. The van der Waals surface area contributed by atoms with Crippen LogP contribution in [0.2, 0.25) is 0 Å². The summed E-state index contributed by atoms with van der Waals surface area (Å²) in [4.78, 5) is 31.6. The monoisotopic (exact) mass is 367 g/mol. The average molecular weight is 367 g/mol. The van der Waals surface area contributed by atoms with E-state index in [4.69, 9.17) is 4.74 Å². The number of fused-ring (bicyclic) bond motifs is 1. The molecule has 1 fully saturated rings. The Kier molecular flexibility index (Phi) is 4.72. The molecule has 3 heterocycles. The van der Waals surface area contributed by atoms with Gasteiger partial charge in [0, 0.05) is 26.1 Å². The van der Waals surface area contributed by atoms with Crippen molar-refractivity contribution in [3.05, 3.63) is 52.7 Å². The molecule has 3 aromatic rings. The standard InChI is InChI=1S/C19H21N5O3/c1-14-21-18-16(13-20-24(18)15-5-3-2-4-6-15)19(26)23(14)8-7-17(25)22-9-11-27-12-10-22/h2-6,13H,7-12H2,1H3. The van der Waals surface area contributed by atoms with Crippen LogP contribution in [0.25, 0.3) is 16.7 Å². The molecule has 8 nitrogen and oxygen atoms in total. The molecular formula is C19H21N5O3. The second-order valence-corrected chi connectivity index (χ2v) is 6.49. The summed E-state index contributed by atoms with van der Waals surface area (Å²) in [6.07, 6.45) is 1.80. The average Bonchev–Trinajstić information content (AvgIpc) is 3.13. The first-order valence-electron chi connectivity index (χ1n) is 9.01. The number of aromatic nitrogens is 4. The Hall–Kier alpha value is -3.00. The summed E-state index contributed by atoms with van der Waals surface area (Å²) in [5.41, 5.74) is 1.20. The van der Waals surface area contributed by atoms with Crippen molar-refractivity contribution in [2.75, 3.05) is 26.3 Å². The first kappa shape index (κ1) is 17.4. The Morgan fingerprint density at radius 2 is 1.93 bits per heavy atom. The lowest BCUT2D eigenvalue weighted by Crippen LogP contribution is -2.41. The van der Waals surface area contributed by atoms with E-state index in [9.17, 15) is 9.59 Å². The fourth-order valence-corrected chi connectivity index (χ4v) is 3.31. The maximum atomic E-state index is 12.9. The Bertz CT molecular complexity index is 1020. The van der Waals surface area contributed by atoms with Crippen molar-refractivity contribution < 1.29 is 9.53 Å². The van der Waals surface area contributed by atoms with Gasteiger partial charge in [0.05, 0.1) is 25.1 Å². The SMILES string of the molecule is Cc1nc2c(cnn2-c2ccccc2)c(=O)n1CCC(=O)N1CCOCC1. The number of amides is 1. The molecule has 1 aliphatic rings. The minimum absolute atomic E-state index is 0.0321. The Morgan fingerprint density at radius 3 is 2.67 bits per heavy atom. The fourth-order valence-electron chi connectivity index (χ4n) is 3.31. The van der Waals surface area contributed by atoms with E-state index in [-0.39, 0.29) is 17.9 Å². The van der Waals surface area contributed by atoms with Crippen molar-refractivity contribution in [3.63, 3.8) is 0 Å². The van der Waals surface area contributed by atoms with Crippen molar-refractivity contribution in [1.29, 1.82) is 0 Å². The van der Waals surface area contributed by atoms with Gasteiger partial charge in [-0.2, -0.15) is 5.10 Å². The molecule has 0 saturated carbocycles. The third-order valence-electron chi connectivity index (χ3n) is 4.79. The van der Waals surface area contributed by atoms with Gasteiger partial charge in [-0.1, -0.05) is 18.2 Å². The Balaban J connectivity index is 1.61. The van der Waals surface area contributed by atoms with Crippen molar-refractivity contribution in [1.82, 2.24) is 24.2 Å². The van der Waals surface area contributed by atoms with Gasteiger partial charge in [-0.05, 0) is 19.1 Å². The van der Waals surface area contributed by atoms with E-state index in [0.717, 1.165) is 5.69 Å². The van der Waals surface area contributed by atoms with Crippen molar-refractivity contribution in [2.24, 2.45) is 0 Å². The van der Waals surface area contributed by atoms with Gasteiger partial charge in [0.25, 0.3) is 5.56 Å². The third kappa shape index (κ3) is 3.35. The number of para-hydroxylation sites is 1. The molecule has 27 heavy (non-hydrogen) atoms. The van der Waals surface area contributed by atoms with Crippen LogP contribution in [-0.2, 0) is 16.1 Å². The van der Waals surface area contributed by atoms with E-state index < -0.39 is 0 Å². The van der Waals surface area contributed by atoms with Gasteiger partial charge in [-0.15, -0.1) is 0 Å². The summed E-state index contributed by atoms with van der Waals surface area (Å²) < 4.78 is 8.48. The number of morpholine rings is 1. The van der Waals surface area contributed by atoms with Crippen LogP contribution in [-0.4, -0.2) is 56.4 Å². The summed E-state index contributed by atoms with van der Waals surface area (Å²) in [5.74, 6) is 0.602. The summed E-state index contributed by atoms with van der Waals surface area (Å²) in [6, 6.07) is 9.57. The van der Waals surface area contributed by atoms with Crippen LogP contribution >= 0.6 is 0 Å². The Morgan fingerprint density at radius 1 is 1.19 bits per heavy atom. The molecule has 2 aromatic heterocycles.